The Morgan fingerprint density at radius 2 is 1.64 bits per heavy atom. The van der Waals surface area contributed by atoms with Crippen LogP contribution in [0.1, 0.15) is 19.4 Å². The number of benzene rings is 2. The first-order valence-electron chi connectivity index (χ1n) is 8.15. The molecule has 0 fully saturated rings. The van der Waals surface area contributed by atoms with Crippen molar-refractivity contribution in [2.24, 2.45) is 0 Å². The van der Waals surface area contributed by atoms with E-state index in [0.29, 0.717) is 5.75 Å². The lowest BCUT2D eigenvalue weighted by Crippen LogP contribution is -2.10. The summed E-state index contributed by atoms with van der Waals surface area (Å²) in [6.07, 6.45) is 3.07. The van der Waals surface area contributed by atoms with Gasteiger partial charge in [-0.25, -0.2) is 0 Å². The van der Waals surface area contributed by atoms with E-state index in [1.54, 1.807) is 19.9 Å². The van der Waals surface area contributed by atoms with Gasteiger partial charge in [-0.3, -0.25) is 4.57 Å². The van der Waals surface area contributed by atoms with E-state index in [0.717, 1.165) is 11.3 Å². The lowest BCUT2D eigenvalue weighted by atomic mass is 10.2. The van der Waals surface area contributed by atoms with Gasteiger partial charge in [0.05, 0.1) is 13.2 Å². The molecule has 2 aromatic rings. The van der Waals surface area contributed by atoms with E-state index >= 15 is 0 Å². The van der Waals surface area contributed by atoms with Crippen LogP contribution < -0.4 is 4.74 Å². The second-order valence-corrected chi connectivity index (χ2v) is 7.26. The van der Waals surface area contributed by atoms with Crippen molar-refractivity contribution in [3.05, 3.63) is 66.2 Å². The van der Waals surface area contributed by atoms with Crippen LogP contribution >= 0.6 is 7.60 Å². The standard InChI is InChI=1S/C19H23O5P/c1-3-22-25(21,23-4-2)19(20)14-13-16-9-8-12-18(15-16)24-17-10-6-5-7-11-17/h5-15,19-20H,3-4H2,1-2H3/b14-13+. The molecule has 0 aliphatic carbocycles. The summed E-state index contributed by atoms with van der Waals surface area (Å²) in [6, 6.07) is 16.8. The molecule has 0 aromatic heterocycles. The first kappa shape index (κ1) is 19.4. The van der Waals surface area contributed by atoms with Crippen molar-refractivity contribution in [1.29, 1.82) is 0 Å². The lowest BCUT2D eigenvalue weighted by Gasteiger charge is -2.19. The van der Waals surface area contributed by atoms with Crippen LogP contribution in [0.15, 0.2) is 60.7 Å². The van der Waals surface area contributed by atoms with Gasteiger partial charge < -0.3 is 18.9 Å². The second-order valence-electron chi connectivity index (χ2n) is 5.14. The minimum atomic E-state index is -3.58. The van der Waals surface area contributed by atoms with Crippen molar-refractivity contribution < 1.29 is 23.5 Å². The minimum absolute atomic E-state index is 0.197. The van der Waals surface area contributed by atoms with Crippen LogP contribution in [0.3, 0.4) is 0 Å². The molecule has 2 rings (SSSR count). The molecule has 0 spiro atoms. The quantitative estimate of drug-likeness (QED) is 0.631. The van der Waals surface area contributed by atoms with Crippen LogP contribution in [0.2, 0.25) is 0 Å². The molecule has 0 bridgehead atoms. The summed E-state index contributed by atoms with van der Waals surface area (Å²) >= 11 is 0. The van der Waals surface area contributed by atoms with Crippen LogP contribution in [0.4, 0.5) is 0 Å². The highest BCUT2D eigenvalue weighted by Crippen LogP contribution is 2.52. The highest BCUT2D eigenvalue weighted by Gasteiger charge is 2.31. The van der Waals surface area contributed by atoms with Crippen molar-refractivity contribution in [2.75, 3.05) is 13.2 Å². The smallest absolute Gasteiger partial charge is 0.362 e. The highest BCUT2D eigenvalue weighted by molar-refractivity contribution is 7.54. The number of para-hydroxylation sites is 1. The Morgan fingerprint density at radius 3 is 2.28 bits per heavy atom. The molecule has 5 nitrogen and oxygen atoms in total. The zero-order valence-electron chi connectivity index (χ0n) is 14.4. The molecule has 0 saturated heterocycles. The van der Waals surface area contributed by atoms with Gasteiger partial charge in [-0.2, -0.15) is 0 Å². The average molecular weight is 362 g/mol. The highest BCUT2D eigenvalue weighted by atomic mass is 31.2. The number of ether oxygens (including phenoxy) is 1. The van der Waals surface area contributed by atoms with E-state index in [9.17, 15) is 9.67 Å². The maximum Gasteiger partial charge on any atom is 0.362 e. The SMILES string of the molecule is CCOP(=O)(OCC)C(O)/C=C/c1cccc(Oc2ccccc2)c1. The van der Waals surface area contributed by atoms with Gasteiger partial charge in [-0.15, -0.1) is 0 Å². The van der Waals surface area contributed by atoms with Crippen molar-refractivity contribution in [3.8, 4) is 11.5 Å². The number of aliphatic hydroxyl groups excluding tert-OH is 1. The molecule has 25 heavy (non-hydrogen) atoms. The van der Waals surface area contributed by atoms with Crippen LogP contribution in [0.5, 0.6) is 11.5 Å². The molecule has 2 aromatic carbocycles. The third-order valence-electron chi connectivity index (χ3n) is 3.24. The molecule has 0 amide bonds. The second kappa shape index (κ2) is 9.54. The van der Waals surface area contributed by atoms with Gasteiger partial charge in [0.1, 0.15) is 11.5 Å². The summed E-state index contributed by atoms with van der Waals surface area (Å²) in [6.45, 7) is 3.80. The summed E-state index contributed by atoms with van der Waals surface area (Å²) in [4.78, 5) is 0. The number of aliphatic hydroxyl groups is 1. The van der Waals surface area contributed by atoms with Gasteiger partial charge in [0.2, 0.25) is 0 Å². The van der Waals surface area contributed by atoms with Crippen molar-refractivity contribution in [2.45, 2.75) is 19.7 Å². The molecule has 1 N–H and O–H groups in total. The summed E-state index contributed by atoms with van der Waals surface area (Å²) in [5.41, 5.74) is 0.798. The predicted molar refractivity (Wildman–Crippen MR) is 98.9 cm³/mol. The third kappa shape index (κ3) is 5.83. The number of hydrogen-bond acceptors (Lipinski definition) is 5. The molecule has 0 saturated carbocycles. The summed E-state index contributed by atoms with van der Waals surface area (Å²) in [5, 5.41) is 10.2. The maximum absolute atomic E-state index is 12.5. The molecule has 0 radical (unpaired) electrons. The Hall–Kier alpha value is -1.91. The lowest BCUT2D eigenvalue weighted by molar-refractivity contribution is 0.169. The Bertz CT molecular complexity index is 720. The van der Waals surface area contributed by atoms with Crippen molar-refractivity contribution in [3.63, 3.8) is 0 Å². The van der Waals surface area contributed by atoms with Crippen LogP contribution in [0.25, 0.3) is 6.08 Å². The van der Waals surface area contributed by atoms with E-state index in [1.807, 2.05) is 54.6 Å². The first-order chi connectivity index (χ1) is 12.1. The topological polar surface area (TPSA) is 65.0 Å². The maximum atomic E-state index is 12.5. The van der Waals surface area contributed by atoms with E-state index in [1.165, 1.54) is 6.08 Å². The van der Waals surface area contributed by atoms with Gasteiger partial charge in [-0.1, -0.05) is 36.4 Å². The van der Waals surface area contributed by atoms with E-state index < -0.39 is 13.4 Å². The van der Waals surface area contributed by atoms with Gasteiger partial charge >= 0.3 is 7.60 Å². The average Bonchev–Trinajstić information content (AvgIpc) is 2.61. The number of rotatable bonds is 9. The van der Waals surface area contributed by atoms with Crippen molar-refractivity contribution in [1.82, 2.24) is 0 Å². The summed E-state index contributed by atoms with van der Waals surface area (Å²) in [5.74, 6) is 0.0765. The molecule has 1 unspecified atom stereocenters. The third-order valence-corrected chi connectivity index (χ3v) is 5.30. The molecule has 134 valence electrons. The number of hydrogen-bond donors (Lipinski definition) is 1. The van der Waals surface area contributed by atoms with E-state index in [-0.39, 0.29) is 13.2 Å². The molecule has 0 heterocycles. The normalized spacial score (nSPS) is 13.1. The van der Waals surface area contributed by atoms with Gasteiger partial charge in [0, 0.05) is 0 Å². The minimum Gasteiger partial charge on any atom is -0.457 e. The molecular weight excluding hydrogens is 339 g/mol. The molecule has 0 aliphatic rings. The van der Waals surface area contributed by atoms with E-state index in [2.05, 4.69) is 0 Å². The van der Waals surface area contributed by atoms with E-state index in [4.69, 9.17) is 13.8 Å². The van der Waals surface area contributed by atoms with Crippen LogP contribution in [0, 0.1) is 0 Å². The molecule has 6 heteroatoms. The van der Waals surface area contributed by atoms with Crippen LogP contribution in [-0.4, -0.2) is 24.2 Å². The zero-order chi connectivity index (χ0) is 18.1. The first-order valence-corrected chi connectivity index (χ1v) is 9.76. The summed E-state index contributed by atoms with van der Waals surface area (Å²) < 4.78 is 28.5. The van der Waals surface area contributed by atoms with Gasteiger partial charge in [0.15, 0.2) is 5.85 Å². The predicted octanol–water partition coefficient (Wildman–Crippen LogP) is 5.08. The molecular formula is C19H23O5P. The fourth-order valence-electron chi connectivity index (χ4n) is 2.16. The van der Waals surface area contributed by atoms with Gasteiger partial charge in [0.25, 0.3) is 0 Å². The summed E-state index contributed by atoms with van der Waals surface area (Å²) in [7, 11) is -3.58. The van der Waals surface area contributed by atoms with Gasteiger partial charge in [-0.05, 0) is 49.8 Å². The zero-order valence-corrected chi connectivity index (χ0v) is 15.3. The Balaban J connectivity index is 2.10. The molecule has 0 aliphatic heterocycles. The Labute approximate surface area is 148 Å². The monoisotopic (exact) mass is 362 g/mol. The van der Waals surface area contributed by atoms with Crippen molar-refractivity contribution >= 4 is 13.7 Å². The fourth-order valence-corrected chi connectivity index (χ4v) is 3.56. The Morgan fingerprint density at radius 1 is 1.00 bits per heavy atom. The van der Waals surface area contributed by atoms with Crippen LogP contribution in [-0.2, 0) is 13.6 Å². The largest absolute Gasteiger partial charge is 0.457 e. The fraction of sp³-hybridized carbons (Fsp3) is 0.263. The molecule has 1 atom stereocenters. The Kier molecular flexibility index (Phi) is 7.41.